The van der Waals surface area contributed by atoms with Gasteiger partial charge in [0.05, 0.1) is 26.4 Å². The van der Waals surface area contributed by atoms with Gasteiger partial charge >= 0.3 is 0 Å². The zero-order valence-electron chi connectivity index (χ0n) is 19.2. The average Bonchev–Trinajstić information content (AvgIpc) is 3.39. The van der Waals surface area contributed by atoms with Gasteiger partial charge in [0.2, 0.25) is 0 Å². The molecule has 1 saturated carbocycles. The van der Waals surface area contributed by atoms with Gasteiger partial charge in [-0.1, -0.05) is 13.0 Å². The normalized spacial score (nSPS) is 31.0. The molecule has 1 aliphatic carbocycles. The minimum absolute atomic E-state index is 0.0408. The molecule has 7 heteroatoms. The first-order valence-corrected chi connectivity index (χ1v) is 11.2. The molecule has 2 aliphatic heterocycles. The summed E-state index contributed by atoms with van der Waals surface area (Å²) in [6.07, 6.45) is 1.22. The minimum atomic E-state index is -0.753. The number of likely N-dealkylation sites (tertiary alicyclic amines) is 1. The number of benzene rings is 1. The molecule has 4 rings (SSSR count). The van der Waals surface area contributed by atoms with Crippen LogP contribution in [0.4, 0.5) is 0 Å². The summed E-state index contributed by atoms with van der Waals surface area (Å²) in [6, 6.07) is 5.94. The zero-order valence-corrected chi connectivity index (χ0v) is 19.2. The lowest BCUT2D eigenvalue weighted by atomic mass is 9.72. The number of amides is 1. The summed E-state index contributed by atoms with van der Waals surface area (Å²) in [6.45, 7) is 9.38. The topological polar surface area (TPSA) is 77.5 Å². The van der Waals surface area contributed by atoms with Gasteiger partial charge in [-0.3, -0.25) is 4.79 Å². The molecule has 3 aliphatic rings. The fourth-order valence-electron chi connectivity index (χ4n) is 4.62. The van der Waals surface area contributed by atoms with E-state index in [1.54, 1.807) is 14.0 Å². The Labute approximate surface area is 184 Å². The number of carbonyl (C=O) groups is 1. The Bertz CT molecular complexity index is 820. The van der Waals surface area contributed by atoms with Gasteiger partial charge in [0.25, 0.3) is 5.91 Å². The maximum Gasteiger partial charge on any atom is 0.254 e. The molecule has 1 aromatic rings. The minimum Gasteiger partial charge on any atom is -0.493 e. The largest absolute Gasteiger partial charge is 0.493 e. The van der Waals surface area contributed by atoms with Crippen LogP contribution in [0.3, 0.4) is 0 Å². The summed E-state index contributed by atoms with van der Waals surface area (Å²) in [5, 5.41) is 10.7. The highest BCUT2D eigenvalue weighted by Crippen LogP contribution is 2.47. The fourth-order valence-corrected chi connectivity index (χ4v) is 4.62. The number of ether oxygens (including phenoxy) is 4. The van der Waals surface area contributed by atoms with Crippen molar-refractivity contribution in [2.45, 2.75) is 64.4 Å². The smallest absolute Gasteiger partial charge is 0.254 e. The van der Waals surface area contributed by atoms with Gasteiger partial charge in [-0.25, -0.2) is 0 Å². The maximum absolute atomic E-state index is 13.2. The van der Waals surface area contributed by atoms with Crippen molar-refractivity contribution in [2.75, 3.05) is 33.4 Å². The van der Waals surface area contributed by atoms with Crippen molar-refractivity contribution in [1.82, 2.24) is 4.90 Å². The van der Waals surface area contributed by atoms with Crippen molar-refractivity contribution in [3.05, 3.63) is 23.8 Å². The standard InChI is InChI=1S/C24H35NO6/c1-15(26)24(4)14-25(22(27)21-13-30-23(2,3)31-21)11-18(24)17-8-9-19(28-5)20(10-17)29-12-16-6-7-16/h8-10,15-16,18,21,26H,6-7,11-14H2,1-5H3/t15-,18+,21+,24+/m1/s1. The third-order valence-electron chi connectivity index (χ3n) is 7.04. The van der Waals surface area contributed by atoms with Crippen LogP contribution in [0.25, 0.3) is 0 Å². The summed E-state index contributed by atoms with van der Waals surface area (Å²) < 4.78 is 22.9. The molecule has 172 valence electrons. The fraction of sp³-hybridized carbons (Fsp3) is 0.708. The first-order valence-electron chi connectivity index (χ1n) is 11.2. The van der Waals surface area contributed by atoms with Crippen LogP contribution >= 0.6 is 0 Å². The van der Waals surface area contributed by atoms with E-state index in [1.807, 2.05) is 43.9 Å². The first kappa shape index (κ1) is 22.4. The lowest BCUT2D eigenvalue weighted by Crippen LogP contribution is -2.42. The Balaban J connectivity index is 1.57. The van der Waals surface area contributed by atoms with Crippen LogP contribution in [0.1, 0.15) is 52.0 Å². The Morgan fingerprint density at radius 3 is 2.61 bits per heavy atom. The number of aliphatic hydroxyl groups excluding tert-OH is 1. The summed E-state index contributed by atoms with van der Waals surface area (Å²) in [5.41, 5.74) is 0.543. The second-order valence-electron chi connectivity index (χ2n) is 9.94. The highest BCUT2D eigenvalue weighted by atomic mass is 16.7. The number of aliphatic hydroxyl groups is 1. The van der Waals surface area contributed by atoms with E-state index in [0.717, 1.165) is 11.3 Å². The molecule has 1 N–H and O–H groups in total. The van der Waals surface area contributed by atoms with Gasteiger partial charge < -0.3 is 29.0 Å². The van der Waals surface area contributed by atoms with Crippen molar-refractivity contribution in [1.29, 1.82) is 0 Å². The van der Waals surface area contributed by atoms with Crippen LogP contribution in [0.15, 0.2) is 18.2 Å². The predicted molar refractivity (Wildman–Crippen MR) is 115 cm³/mol. The Morgan fingerprint density at radius 1 is 1.29 bits per heavy atom. The Hall–Kier alpha value is -1.83. The van der Waals surface area contributed by atoms with Crippen LogP contribution in [0, 0.1) is 11.3 Å². The van der Waals surface area contributed by atoms with Crippen LogP contribution in [0.2, 0.25) is 0 Å². The highest BCUT2D eigenvalue weighted by Gasteiger charge is 2.50. The molecule has 1 aromatic carbocycles. The monoisotopic (exact) mass is 433 g/mol. The van der Waals surface area contributed by atoms with Gasteiger partial charge in [0.15, 0.2) is 23.4 Å². The SMILES string of the molecule is COc1ccc([C@@H]2CN(C(=O)[C@@H]3COC(C)(C)O3)C[C@@]2(C)[C@@H](C)O)cc1OCC1CC1. The van der Waals surface area contributed by atoms with E-state index in [2.05, 4.69) is 0 Å². The molecule has 0 spiro atoms. The number of methoxy groups -OCH3 is 1. The molecule has 3 fully saturated rings. The number of nitrogens with zero attached hydrogens (tertiary/aromatic N) is 1. The second kappa shape index (κ2) is 8.26. The van der Waals surface area contributed by atoms with E-state index in [0.29, 0.717) is 31.4 Å². The van der Waals surface area contributed by atoms with E-state index >= 15 is 0 Å². The van der Waals surface area contributed by atoms with Crippen LogP contribution < -0.4 is 9.47 Å². The summed E-state index contributed by atoms with van der Waals surface area (Å²) in [7, 11) is 1.64. The summed E-state index contributed by atoms with van der Waals surface area (Å²) in [4.78, 5) is 15.0. The van der Waals surface area contributed by atoms with E-state index in [-0.39, 0.29) is 18.4 Å². The van der Waals surface area contributed by atoms with Gasteiger partial charge in [0.1, 0.15) is 0 Å². The number of hydrogen-bond donors (Lipinski definition) is 1. The molecular formula is C24H35NO6. The third kappa shape index (κ3) is 4.54. The summed E-state index contributed by atoms with van der Waals surface area (Å²) in [5.74, 6) is 1.18. The Morgan fingerprint density at radius 2 is 2.03 bits per heavy atom. The van der Waals surface area contributed by atoms with Gasteiger partial charge in [-0.05, 0) is 57.2 Å². The van der Waals surface area contributed by atoms with Gasteiger partial charge in [0, 0.05) is 24.4 Å². The molecule has 4 atom stereocenters. The number of hydrogen-bond acceptors (Lipinski definition) is 6. The molecule has 0 bridgehead atoms. The van der Waals surface area contributed by atoms with E-state index in [4.69, 9.17) is 18.9 Å². The van der Waals surface area contributed by atoms with Gasteiger partial charge in [-0.2, -0.15) is 0 Å². The van der Waals surface area contributed by atoms with E-state index in [9.17, 15) is 9.90 Å². The molecule has 7 nitrogen and oxygen atoms in total. The molecule has 0 radical (unpaired) electrons. The first-order chi connectivity index (χ1) is 14.6. The maximum atomic E-state index is 13.2. The molecule has 2 saturated heterocycles. The van der Waals surface area contributed by atoms with E-state index < -0.39 is 23.4 Å². The third-order valence-corrected chi connectivity index (χ3v) is 7.04. The number of carbonyl (C=O) groups excluding carboxylic acids is 1. The summed E-state index contributed by atoms with van der Waals surface area (Å²) >= 11 is 0. The lowest BCUT2D eigenvalue weighted by molar-refractivity contribution is -0.159. The molecule has 31 heavy (non-hydrogen) atoms. The van der Waals surface area contributed by atoms with Crippen molar-refractivity contribution < 1.29 is 28.8 Å². The predicted octanol–water partition coefficient (Wildman–Crippen LogP) is 2.95. The lowest BCUT2D eigenvalue weighted by Gasteiger charge is -2.34. The number of rotatable bonds is 7. The molecular weight excluding hydrogens is 398 g/mol. The van der Waals surface area contributed by atoms with Crippen molar-refractivity contribution >= 4 is 5.91 Å². The Kier molecular flexibility index (Phi) is 5.96. The van der Waals surface area contributed by atoms with Crippen molar-refractivity contribution in [3.8, 4) is 11.5 Å². The molecule has 0 aromatic heterocycles. The molecule has 2 heterocycles. The van der Waals surface area contributed by atoms with Crippen LogP contribution in [0.5, 0.6) is 11.5 Å². The average molecular weight is 434 g/mol. The molecule has 1 amide bonds. The highest BCUT2D eigenvalue weighted by molar-refractivity contribution is 5.82. The zero-order chi connectivity index (χ0) is 22.4. The van der Waals surface area contributed by atoms with E-state index in [1.165, 1.54) is 12.8 Å². The quantitative estimate of drug-likeness (QED) is 0.713. The molecule has 0 unspecified atom stereocenters. The van der Waals surface area contributed by atoms with Crippen molar-refractivity contribution in [2.24, 2.45) is 11.3 Å². The van der Waals surface area contributed by atoms with Crippen LogP contribution in [-0.4, -0.2) is 67.3 Å². The second-order valence-corrected chi connectivity index (χ2v) is 9.94. The van der Waals surface area contributed by atoms with Crippen molar-refractivity contribution in [3.63, 3.8) is 0 Å². The van der Waals surface area contributed by atoms with Crippen LogP contribution in [-0.2, 0) is 14.3 Å². The van der Waals surface area contributed by atoms with Gasteiger partial charge in [-0.15, -0.1) is 0 Å².